The second kappa shape index (κ2) is 7.21. The van der Waals surface area contributed by atoms with E-state index in [4.69, 9.17) is 9.47 Å². The molecule has 1 aromatic carbocycles. The number of ether oxygens (including phenoxy) is 2. The van der Waals surface area contributed by atoms with E-state index >= 15 is 0 Å². The third kappa shape index (κ3) is 3.44. The van der Waals surface area contributed by atoms with Crippen molar-refractivity contribution < 1.29 is 19.4 Å². The number of piperidine rings is 2. The summed E-state index contributed by atoms with van der Waals surface area (Å²) < 4.78 is 11.3. The van der Waals surface area contributed by atoms with Crippen LogP contribution in [-0.4, -0.2) is 48.8 Å². The molecule has 0 aliphatic carbocycles. The highest BCUT2D eigenvalue weighted by Crippen LogP contribution is 2.35. The Kier molecular flexibility index (Phi) is 5.06. The summed E-state index contributed by atoms with van der Waals surface area (Å²) >= 11 is 0. The zero-order chi connectivity index (χ0) is 16.2. The van der Waals surface area contributed by atoms with Crippen molar-refractivity contribution in [1.29, 1.82) is 0 Å². The largest absolute Gasteiger partial charge is 0.493 e. The van der Waals surface area contributed by atoms with Gasteiger partial charge in [-0.1, -0.05) is 12.5 Å². The quantitative estimate of drug-likeness (QED) is 0.904. The fourth-order valence-electron chi connectivity index (χ4n) is 3.96. The topological polar surface area (TPSA) is 59.0 Å². The molecule has 1 aromatic rings. The summed E-state index contributed by atoms with van der Waals surface area (Å²) in [7, 11) is 1.54. The van der Waals surface area contributed by atoms with Crippen LogP contribution in [0.25, 0.3) is 0 Å². The predicted octanol–water partition coefficient (Wildman–Crippen LogP) is 3.04. The molecule has 0 spiro atoms. The number of methoxy groups -OCH3 is 1. The van der Waals surface area contributed by atoms with Crippen LogP contribution in [0.3, 0.4) is 0 Å². The monoisotopic (exact) mass is 319 g/mol. The van der Waals surface area contributed by atoms with Gasteiger partial charge in [-0.2, -0.15) is 0 Å². The molecule has 3 rings (SSSR count). The van der Waals surface area contributed by atoms with E-state index in [1.807, 2.05) is 0 Å². The number of rotatable bonds is 5. The Labute approximate surface area is 137 Å². The molecule has 2 atom stereocenters. The molecule has 2 fully saturated rings. The number of hydrogen-bond acceptors (Lipinski definition) is 4. The number of carbonyl (C=O) groups is 1. The lowest BCUT2D eigenvalue weighted by Crippen LogP contribution is -2.49. The molecule has 0 amide bonds. The molecule has 0 aromatic heterocycles. The van der Waals surface area contributed by atoms with Crippen molar-refractivity contribution in [3.05, 3.63) is 23.8 Å². The number of carboxylic acids is 1. The maximum atomic E-state index is 11.4. The van der Waals surface area contributed by atoms with Crippen molar-refractivity contribution in [2.75, 3.05) is 26.8 Å². The third-order valence-corrected chi connectivity index (χ3v) is 5.10. The molecule has 2 heterocycles. The van der Waals surface area contributed by atoms with Crippen LogP contribution < -0.4 is 9.47 Å². The van der Waals surface area contributed by atoms with Crippen LogP contribution in [0.2, 0.25) is 0 Å². The van der Waals surface area contributed by atoms with Crippen molar-refractivity contribution in [3.63, 3.8) is 0 Å². The summed E-state index contributed by atoms with van der Waals surface area (Å²) in [6.45, 7) is 2.94. The van der Waals surface area contributed by atoms with Crippen LogP contribution in [0.4, 0.5) is 0 Å². The van der Waals surface area contributed by atoms with E-state index in [1.54, 1.807) is 18.2 Å². The Morgan fingerprint density at radius 3 is 2.87 bits per heavy atom. The average molecular weight is 319 g/mol. The molecule has 2 aliphatic rings. The summed E-state index contributed by atoms with van der Waals surface area (Å²) in [5.74, 6) is 0.328. The summed E-state index contributed by atoms with van der Waals surface area (Å²) in [4.78, 5) is 14.0. The molecule has 1 N–H and O–H groups in total. The molecular formula is C18H25NO4. The fraction of sp³-hybridized carbons (Fsp3) is 0.611. The van der Waals surface area contributed by atoms with Crippen LogP contribution >= 0.6 is 0 Å². The van der Waals surface area contributed by atoms with Gasteiger partial charge >= 0.3 is 5.97 Å². The average Bonchev–Trinajstić information content (AvgIpc) is 2.59. The van der Waals surface area contributed by atoms with Gasteiger partial charge in [0.2, 0.25) is 0 Å². The highest BCUT2D eigenvalue weighted by Gasteiger charge is 2.33. The fourth-order valence-corrected chi connectivity index (χ4v) is 3.96. The second-order valence-electron chi connectivity index (χ2n) is 6.45. The van der Waals surface area contributed by atoms with Gasteiger partial charge in [0.15, 0.2) is 11.5 Å². The first-order chi connectivity index (χ1) is 11.2. The van der Waals surface area contributed by atoms with Crippen LogP contribution in [0, 0.1) is 5.92 Å². The van der Waals surface area contributed by atoms with E-state index in [9.17, 15) is 9.90 Å². The van der Waals surface area contributed by atoms with Gasteiger partial charge in [-0.3, -0.25) is 4.90 Å². The van der Waals surface area contributed by atoms with Crippen LogP contribution in [0.1, 0.15) is 42.5 Å². The van der Waals surface area contributed by atoms with Crippen molar-refractivity contribution in [2.24, 2.45) is 5.92 Å². The van der Waals surface area contributed by atoms with Gasteiger partial charge in [0.1, 0.15) is 5.56 Å². The lowest BCUT2D eigenvalue weighted by molar-refractivity contribution is 0.0356. The van der Waals surface area contributed by atoms with Crippen molar-refractivity contribution >= 4 is 5.97 Å². The number of hydrogen-bond donors (Lipinski definition) is 1. The van der Waals surface area contributed by atoms with E-state index in [1.165, 1.54) is 45.9 Å². The van der Waals surface area contributed by atoms with E-state index in [0.717, 1.165) is 6.42 Å². The SMILES string of the molecule is COc1cccc(C(=O)O)c1OC[C@@H]1CCCN2CCCC[C@H]12. The Hall–Kier alpha value is -1.75. The molecule has 0 unspecified atom stereocenters. The first-order valence-corrected chi connectivity index (χ1v) is 8.48. The van der Waals surface area contributed by atoms with Gasteiger partial charge in [0.05, 0.1) is 13.7 Å². The molecule has 2 aliphatic heterocycles. The Morgan fingerprint density at radius 2 is 2.09 bits per heavy atom. The lowest BCUT2D eigenvalue weighted by atomic mass is 9.84. The smallest absolute Gasteiger partial charge is 0.339 e. The molecular weight excluding hydrogens is 294 g/mol. The number of aromatic carboxylic acids is 1. The zero-order valence-electron chi connectivity index (χ0n) is 13.7. The molecule has 5 nitrogen and oxygen atoms in total. The minimum atomic E-state index is -0.984. The van der Waals surface area contributed by atoms with Gasteiger partial charge in [0.25, 0.3) is 0 Å². The molecule has 0 radical (unpaired) electrons. The molecule has 2 saturated heterocycles. The van der Waals surface area contributed by atoms with E-state index in [-0.39, 0.29) is 5.56 Å². The minimum Gasteiger partial charge on any atom is -0.493 e. The number of carboxylic acid groups (broad SMARTS) is 1. The molecule has 0 saturated carbocycles. The normalized spacial score (nSPS) is 24.7. The van der Waals surface area contributed by atoms with E-state index in [0.29, 0.717) is 30.1 Å². The van der Waals surface area contributed by atoms with Crippen LogP contribution in [0.15, 0.2) is 18.2 Å². The van der Waals surface area contributed by atoms with Gasteiger partial charge in [-0.05, 0) is 50.9 Å². The maximum Gasteiger partial charge on any atom is 0.339 e. The van der Waals surface area contributed by atoms with Crippen molar-refractivity contribution in [1.82, 2.24) is 4.90 Å². The summed E-state index contributed by atoms with van der Waals surface area (Å²) in [6.07, 6.45) is 6.15. The highest BCUT2D eigenvalue weighted by atomic mass is 16.5. The van der Waals surface area contributed by atoms with Gasteiger partial charge in [-0.25, -0.2) is 4.79 Å². The van der Waals surface area contributed by atoms with Crippen molar-refractivity contribution in [3.8, 4) is 11.5 Å². The van der Waals surface area contributed by atoms with Gasteiger partial charge in [-0.15, -0.1) is 0 Å². The third-order valence-electron chi connectivity index (χ3n) is 5.10. The first kappa shape index (κ1) is 16.1. The summed E-state index contributed by atoms with van der Waals surface area (Å²) in [5, 5.41) is 9.37. The number of nitrogens with zero attached hydrogens (tertiary/aromatic N) is 1. The molecule has 0 bridgehead atoms. The molecule has 23 heavy (non-hydrogen) atoms. The van der Waals surface area contributed by atoms with Crippen molar-refractivity contribution in [2.45, 2.75) is 38.1 Å². The Bertz CT molecular complexity index is 558. The van der Waals surface area contributed by atoms with E-state index < -0.39 is 5.97 Å². The van der Waals surface area contributed by atoms with Gasteiger partial charge in [0, 0.05) is 12.0 Å². The summed E-state index contributed by atoms with van der Waals surface area (Å²) in [5.41, 5.74) is 0.167. The Balaban J connectivity index is 1.73. The first-order valence-electron chi connectivity index (χ1n) is 8.48. The van der Waals surface area contributed by atoms with E-state index in [2.05, 4.69) is 4.90 Å². The van der Waals surface area contributed by atoms with Gasteiger partial charge < -0.3 is 14.6 Å². The van der Waals surface area contributed by atoms with Crippen LogP contribution in [0.5, 0.6) is 11.5 Å². The maximum absolute atomic E-state index is 11.4. The molecule has 5 heteroatoms. The summed E-state index contributed by atoms with van der Waals surface area (Å²) in [6, 6.07) is 5.57. The number of fused-ring (bicyclic) bond motifs is 1. The number of para-hydroxylation sites is 1. The second-order valence-corrected chi connectivity index (χ2v) is 6.45. The standard InChI is InChI=1S/C18H25NO4/c1-22-16-9-4-7-14(18(20)21)17(16)23-12-13-6-5-11-19-10-3-2-8-15(13)19/h4,7,9,13,15H,2-3,5-6,8,10-12H2,1H3,(H,20,21)/t13-,15+/m0/s1. The molecule has 126 valence electrons. The Morgan fingerprint density at radius 1 is 1.26 bits per heavy atom. The highest BCUT2D eigenvalue weighted by molar-refractivity contribution is 5.92. The minimum absolute atomic E-state index is 0.167. The number of benzene rings is 1. The lowest BCUT2D eigenvalue weighted by Gasteiger charge is -2.44. The predicted molar refractivity (Wildman–Crippen MR) is 87.4 cm³/mol. The zero-order valence-corrected chi connectivity index (χ0v) is 13.7. The van der Waals surface area contributed by atoms with Crippen LogP contribution in [-0.2, 0) is 0 Å².